The second-order valence-electron chi connectivity index (χ2n) is 31.6. The second-order valence-corrected chi connectivity index (χ2v) is 32.5. The van der Waals surface area contributed by atoms with Crippen LogP contribution in [-0.2, 0) is 118 Å². The van der Waals surface area contributed by atoms with Crippen LogP contribution < -0.4 is 113 Å². The monoisotopic (exact) mass is 1910 g/mol. The summed E-state index contributed by atoms with van der Waals surface area (Å²) in [6.45, 7) is 6.83. The number of benzene rings is 2. The molecule has 0 aliphatic heterocycles. The quantitative estimate of drug-likeness (QED) is 0.0142. The Kier molecular flexibility index (Phi) is 46.1. The van der Waals surface area contributed by atoms with Crippen molar-refractivity contribution in [2.75, 3.05) is 32.8 Å². The topological polar surface area (TPSA) is 845 Å². The van der Waals surface area contributed by atoms with Gasteiger partial charge in [-0.3, -0.25) is 111 Å². The summed E-state index contributed by atoms with van der Waals surface area (Å²) in [7, 11) is 0. The third-order valence-electron chi connectivity index (χ3n) is 19.2. The maximum atomic E-state index is 14.4. The van der Waals surface area contributed by atoms with E-state index in [1.807, 2.05) is 0 Å². The highest BCUT2D eigenvalue weighted by Gasteiger charge is 2.41. The van der Waals surface area contributed by atoms with Crippen molar-refractivity contribution in [2.24, 2.45) is 34.8 Å². The van der Waals surface area contributed by atoms with Gasteiger partial charge in [-0.2, -0.15) is 0 Å². The number of amides is 18. The summed E-state index contributed by atoms with van der Waals surface area (Å²) in [6, 6.07) is -9.21. The number of H-pyrrole nitrogens is 1. The standard InChI is InChI=1S/C79H116BrN23O28/c1-35(2)24-48(70(124)97-51(28-54(82)106)67(121)90-32-56(108)88-31-55(107)89-33-57(109)92-53(34-104)73(127)96-49(25-39-15-17-41(80)18-16-39)71(125)93-45(64(83)118)14-11-23-86-78(84)85)95-72(126)52(29-61(116)117)98-69(123)46(19-21-58(110)111)94-75(129)62(36(3)4)101-65(119)37(5)91-68(122)47(20-22-59(112)113)100-77(131)79(7,8)103-74(128)50(26-40-30-87-44-13-10-9-12-42(40)44)99-76(130)63(38(6)105)102-66(120)43(81)27-60(114)115/h9-10,12-13,15-18,30,35-38,43,45-53,62-63,87,104-105H,11,14,19-29,31-34,81H2,1-8H3,(H2,82,106)(H2,83,118)(H,88,108)(H,89,107)(H,90,121)(H,91,122)(H,92,109)(H,93,125)(H,94,129)(H,95,126)(H,96,127)(H,97,124)(H,98,123)(H,99,130)(H,100,131)(H,101,119)(H,102,120)(H,103,128)(H,110,111)(H,112,113)(H,114,115)(H,116,117)(H4,84,85,86)/t37-,38-,43-,45+,46-,47-,48-,49+,50-,51-,52-,53+,62-,63-/m1/s1. The molecule has 14 atom stereocenters. The number of fused-ring (bicyclic) bond motifs is 1. The van der Waals surface area contributed by atoms with Crippen molar-refractivity contribution in [3.63, 3.8) is 0 Å². The highest BCUT2D eigenvalue weighted by atomic mass is 79.9. The van der Waals surface area contributed by atoms with Gasteiger partial charge in [-0.25, -0.2) is 0 Å². The maximum absolute atomic E-state index is 14.4. The van der Waals surface area contributed by atoms with Gasteiger partial charge in [0, 0.05) is 53.8 Å². The summed E-state index contributed by atoms with van der Waals surface area (Å²) in [5.74, 6) is -28.7. The van der Waals surface area contributed by atoms with Gasteiger partial charge in [-0.15, -0.1) is 0 Å². The van der Waals surface area contributed by atoms with Gasteiger partial charge in [0.25, 0.3) is 0 Å². The van der Waals surface area contributed by atoms with Gasteiger partial charge in [0.05, 0.1) is 57.6 Å². The summed E-state index contributed by atoms with van der Waals surface area (Å²) < 4.78 is 0.677. The normalized spacial score (nSPS) is 14.3. The Morgan fingerprint density at radius 2 is 0.931 bits per heavy atom. The predicted octanol–water partition coefficient (Wildman–Crippen LogP) is -9.50. The van der Waals surface area contributed by atoms with Crippen molar-refractivity contribution in [2.45, 2.75) is 223 Å². The van der Waals surface area contributed by atoms with Gasteiger partial charge in [-0.1, -0.05) is 74.0 Å². The van der Waals surface area contributed by atoms with Crippen LogP contribution in [-0.4, -0.2) is 295 Å². The average molecular weight is 1920 g/mol. The van der Waals surface area contributed by atoms with E-state index in [9.17, 15) is 131 Å². The minimum Gasteiger partial charge on any atom is -0.481 e. The summed E-state index contributed by atoms with van der Waals surface area (Å²) in [5, 5.41) is 106. The molecule has 722 valence electrons. The molecule has 131 heavy (non-hydrogen) atoms. The molecular formula is C79H116BrN23O28. The number of primary amides is 2. The van der Waals surface area contributed by atoms with E-state index in [2.05, 4.69) is 111 Å². The Labute approximate surface area is 757 Å². The first-order valence-electron chi connectivity index (χ1n) is 40.9. The summed E-state index contributed by atoms with van der Waals surface area (Å²) in [4.78, 5) is 294. The Morgan fingerprint density at radius 1 is 0.458 bits per heavy atom. The number of guanidine groups is 1. The van der Waals surface area contributed by atoms with Crippen molar-refractivity contribution in [1.82, 2.24) is 95.4 Å². The molecule has 33 N–H and O–H groups in total. The number of rotatable bonds is 58. The molecule has 0 aliphatic rings. The molecule has 0 bridgehead atoms. The van der Waals surface area contributed by atoms with Crippen molar-refractivity contribution in [3.8, 4) is 0 Å². The third-order valence-corrected chi connectivity index (χ3v) is 19.8. The molecule has 1 aromatic heterocycles. The lowest BCUT2D eigenvalue weighted by molar-refractivity contribution is -0.142. The first-order chi connectivity index (χ1) is 61.2. The number of carbonyl (C=O) groups is 22. The molecule has 18 amide bonds. The van der Waals surface area contributed by atoms with Crippen LogP contribution in [0.25, 0.3) is 10.9 Å². The number of carboxylic acid groups (broad SMARTS) is 4. The van der Waals surface area contributed by atoms with Crippen LogP contribution in [0.2, 0.25) is 0 Å². The molecule has 2 aromatic carbocycles. The van der Waals surface area contributed by atoms with Gasteiger partial charge < -0.3 is 149 Å². The number of aromatic amines is 1. The first kappa shape index (κ1) is 111. The van der Waals surface area contributed by atoms with E-state index in [-0.39, 0.29) is 44.6 Å². The summed E-state index contributed by atoms with van der Waals surface area (Å²) >= 11 is 3.30. The number of halogens is 1. The molecule has 0 aliphatic carbocycles. The number of carboxylic acids is 4. The number of aliphatic hydroxyl groups excluding tert-OH is 2. The zero-order valence-corrected chi connectivity index (χ0v) is 74.4. The lowest BCUT2D eigenvalue weighted by Crippen LogP contribution is -2.64. The molecular weight excluding hydrogens is 1800 g/mol. The highest BCUT2D eigenvalue weighted by molar-refractivity contribution is 9.10. The van der Waals surface area contributed by atoms with Crippen LogP contribution in [0.5, 0.6) is 0 Å². The van der Waals surface area contributed by atoms with Crippen molar-refractivity contribution in [3.05, 3.63) is 70.3 Å². The number of aliphatic carboxylic acids is 4. The highest BCUT2D eigenvalue weighted by Crippen LogP contribution is 2.21. The fourth-order valence-corrected chi connectivity index (χ4v) is 12.5. The minimum absolute atomic E-state index is 0.000698. The molecule has 1 heterocycles. The Balaban J connectivity index is 1.73. The largest absolute Gasteiger partial charge is 0.481 e. The molecule has 0 fully saturated rings. The molecule has 3 rings (SSSR count). The van der Waals surface area contributed by atoms with Gasteiger partial charge in [0.1, 0.15) is 78.0 Å². The number of hydrogen-bond donors (Lipinski definition) is 29. The molecule has 0 saturated carbocycles. The maximum Gasteiger partial charge on any atom is 0.305 e. The smallest absolute Gasteiger partial charge is 0.305 e. The van der Waals surface area contributed by atoms with Crippen LogP contribution in [0.4, 0.5) is 0 Å². The van der Waals surface area contributed by atoms with E-state index in [0.29, 0.717) is 26.5 Å². The molecule has 51 nitrogen and oxygen atoms in total. The fourth-order valence-electron chi connectivity index (χ4n) is 12.2. The van der Waals surface area contributed by atoms with Gasteiger partial charge in [0.15, 0.2) is 5.96 Å². The number of nitrogens with one attached hydrogen (secondary N) is 19. The van der Waals surface area contributed by atoms with Gasteiger partial charge in [-0.05, 0) is 101 Å². The SMILES string of the molecule is CC(C)C[C@@H](NC(=O)[C@@H](CC(=O)O)NC(=O)[C@@H](CCC(=O)O)NC(=O)[C@H](NC(=O)[C@@H](C)NC(=O)[C@@H](CCC(=O)O)NC(=O)C(C)(C)NC(=O)[C@@H](Cc1c[nH]c2ccccc12)NC(=O)[C@H](NC(=O)[C@H](N)CC(=O)O)[C@@H](C)O)C(C)C)C(=O)N[C@H](CC(N)=O)C(=O)NCC(=O)NCC(=O)NCC(=O)N[C@@H](CO)C(=O)N[C@@H](Cc1ccc(Br)cc1)C(=O)N[C@@H](CCCNC(=N)N)C(N)=O. The molecule has 3 aromatic rings. The van der Waals surface area contributed by atoms with Crippen molar-refractivity contribution in [1.29, 1.82) is 5.41 Å². The number of aromatic nitrogens is 1. The minimum atomic E-state index is -2.17. The zero-order chi connectivity index (χ0) is 99.0. The lowest BCUT2D eigenvalue weighted by atomic mass is 9.99. The Bertz CT molecular complexity index is 4640. The van der Waals surface area contributed by atoms with E-state index < -0.39 is 303 Å². The van der Waals surface area contributed by atoms with Crippen molar-refractivity contribution >= 4 is 163 Å². The molecule has 52 heteroatoms. The van der Waals surface area contributed by atoms with E-state index >= 15 is 0 Å². The Morgan fingerprint density at radius 3 is 1.47 bits per heavy atom. The molecule has 0 saturated heterocycles. The number of carbonyl (C=O) groups excluding carboxylic acids is 18. The van der Waals surface area contributed by atoms with E-state index in [1.54, 1.807) is 62.4 Å². The summed E-state index contributed by atoms with van der Waals surface area (Å²) in [6.07, 6.45) is -6.91. The van der Waals surface area contributed by atoms with Crippen LogP contribution >= 0.6 is 15.9 Å². The van der Waals surface area contributed by atoms with E-state index in [0.717, 1.165) is 27.7 Å². The Hall–Kier alpha value is -14.0. The van der Waals surface area contributed by atoms with Crippen LogP contribution in [0.3, 0.4) is 0 Å². The lowest BCUT2D eigenvalue weighted by Gasteiger charge is -2.31. The van der Waals surface area contributed by atoms with E-state index in [1.165, 1.54) is 20.0 Å². The summed E-state index contributed by atoms with van der Waals surface area (Å²) in [5.41, 5.74) is 21.4. The second kappa shape index (κ2) is 54.3. The number of hydrogen-bond acceptors (Lipinski definition) is 26. The molecule has 0 radical (unpaired) electrons. The number of nitrogens with two attached hydrogens (primary N) is 4. The fraction of sp³-hybridized carbons (Fsp3) is 0.532. The third kappa shape index (κ3) is 40.4. The first-order valence-corrected chi connectivity index (χ1v) is 41.7. The molecule has 0 spiro atoms. The predicted molar refractivity (Wildman–Crippen MR) is 461 cm³/mol. The van der Waals surface area contributed by atoms with Crippen molar-refractivity contribution < 1.29 is 136 Å². The average Bonchev–Trinajstić information content (AvgIpc) is 1.26. The van der Waals surface area contributed by atoms with E-state index in [4.69, 9.17) is 33.5 Å². The zero-order valence-electron chi connectivity index (χ0n) is 72.8. The van der Waals surface area contributed by atoms with Gasteiger partial charge in [0.2, 0.25) is 106 Å². The van der Waals surface area contributed by atoms with Gasteiger partial charge >= 0.3 is 23.9 Å². The molecule has 0 unspecified atom stereocenters. The van der Waals surface area contributed by atoms with Crippen LogP contribution in [0.1, 0.15) is 131 Å². The van der Waals surface area contributed by atoms with Crippen LogP contribution in [0, 0.1) is 17.2 Å². The number of para-hydroxylation sites is 1. The van der Waals surface area contributed by atoms with Crippen LogP contribution in [0.15, 0.2) is 59.2 Å². The number of aliphatic hydroxyl groups is 2.